The number of carboxylic acids is 1. The van der Waals surface area contributed by atoms with Crippen molar-refractivity contribution >= 4 is 21.9 Å². The fraction of sp³-hybridized carbons (Fsp3) is 0.0909. The van der Waals surface area contributed by atoms with Crippen molar-refractivity contribution < 1.29 is 9.90 Å². The molecule has 1 aromatic heterocycles. The first-order valence-electron chi connectivity index (χ1n) is 4.63. The van der Waals surface area contributed by atoms with Gasteiger partial charge in [0, 0.05) is 6.20 Å². The van der Waals surface area contributed by atoms with Gasteiger partial charge in [-0.1, -0.05) is 18.2 Å². The fourth-order valence-electron chi connectivity index (χ4n) is 1.41. The van der Waals surface area contributed by atoms with Crippen LogP contribution >= 0.6 is 15.9 Å². The zero-order chi connectivity index (χ0) is 11.5. The quantitative estimate of drug-likeness (QED) is 0.844. The third-order valence-electron chi connectivity index (χ3n) is 2.11. The second kappa shape index (κ2) is 4.49. The standard InChI is InChI=1S/C11H9BrN2O2/c12-10-5-13-14(7-10)6-8-2-1-3-9(4-8)11(15)16/h1-5,7H,6H2,(H,15,16)/p-1. The Morgan fingerprint density at radius 3 is 2.94 bits per heavy atom. The lowest BCUT2D eigenvalue weighted by molar-refractivity contribution is -0.255. The summed E-state index contributed by atoms with van der Waals surface area (Å²) in [5.74, 6) is -1.16. The van der Waals surface area contributed by atoms with E-state index in [-0.39, 0.29) is 5.56 Å². The highest BCUT2D eigenvalue weighted by Crippen LogP contribution is 2.10. The van der Waals surface area contributed by atoms with Gasteiger partial charge < -0.3 is 9.90 Å². The molecule has 0 amide bonds. The highest BCUT2D eigenvalue weighted by atomic mass is 79.9. The Morgan fingerprint density at radius 1 is 1.50 bits per heavy atom. The summed E-state index contributed by atoms with van der Waals surface area (Å²) < 4.78 is 2.61. The third-order valence-corrected chi connectivity index (χ3v) is 2.52. The molecule has 82 valence electrons. The molecule has 16 heavy (non-hydrogen) atoms. The Balaban J connectivity index is 2.21. The maximum atomic E-state index is 10.7. The average Bonchev–Trinajstić information content (AvgIpc) is 2.64. The number of hydrogen-bond donors (Lipinski definition) is 0. The van der Waals surface area contributed by atoms with Crippen LogP contribution in [0, 0.1) is 0 Å². The minimum absolute atomic E-state index is 0.184. The summed E-state index contributed by atoms with van der Waals surface area (Å²) in [4.78, 5) is 10.7. The van der Waals surface area contributed by atoms with Gasteiger partial charge in [0.15, 0.2) is 0 Å². The Bertz CT molecular complexity index is 522. The first-order valence-corrected chi connectivity index (χ1v) is 5.43. The lowest BCUT2D eigenvalue weighted by atomic mass is 10.1. The van der Waals surface area contributed by atoms with Crippen LogP contribution in [0.4, 0.5) is 0 Å². The van der Waals surface area contributed by atoms with E-state index >= 15 is 0 Å². The van der Waals surface area contributed by atoms with E-state index in [4.69, 9.17) is 0 Å². The van der Waals surface area contributed by atoms with Crippen molar-refractivity contribution in [2.24, 2.45) is 0 Å². The predicted molar refractivity (Wildman–Crippen MR) is 59.8 cm³/mol. The van der Waals surface area contributed by atoms with E-state index in [0.717, 1.165) is 10.0 Å². The van der Waals surface area contributed by atoms with E-state index in [1.807, 2.05) is 12.3 Å². The Labute approximate surface area is 101 Å². The van der Waals surface area contributed by atoms with Gasteiger partial charge in [-0.05, 0) is 33.1 Å². The molecule has 4 nitrogen and oxygen atoms in total. The van der Waals surface area contributed by atoms with Crippen molar-refractivity contribution in [2.75, 3.05) is 0 Å². The minimum Gasteiger partial charge on any atom is -0.545 e. The fourth-order valence-corrected chi connectivity index (χ4v) is 1.74. The predicted octanol–water partition coefficient (Wildman–Crippen LogP) is 1.06. The molecule has 1 heterocycles. The van der Waals surface area contributed by atoms with Crippen LogP contribution < -0.4 is 5.11 Å². The van der Waals surface area contributed by atoms with Crippen LogP contribution in [-0.4, -0.2) is 15.7 Å². The van der Waals surface area contributed by atoms with Crippen LogP contribution in [0.3, 0.4) is 0 Å². The summed E-state index contributed by atoms with van der Waals surface area (Å²) >= 11 is 3.30. The summed E-state index contributed by atoms with van der Waals surface area (Å²) in [5.41, 5.74) is 1.06. The lowest BCUT2D eigenvalue weighted by Gasteiger charge is -2.06. The number of benzene rings is 1. The Hall–Kier alpha value is -1.62. The maximum absolute atomic E-state index is 10.7. The first-order chi connectivity index (χ1) is 7.65. The second-order valence-electron chi connectivity index (χ2n) is 3.34. The molecule has 2 aromatic rings. The number of aromatic nitrogens is 2. The van der Waals surface area contributed by atoms with Gasteiger partial charge in [0.1, 0.15) is 0 Å². The van der Waals surface area contributed by atoms with E-state index in [1.54, 1.807) is 23.0 Å². The van der Waals surface area contributed by atoms with Crippen LogP contribution in [0.15, 0.2) is 41.1 Å². The van der Waals surface area contributed by atoms with Gasteiger partial charge >= 0.3 is 0 Å². The Kier molecular flexibility index (Phi) is 3.05. The number of nitrogens with zero attached hydrogens (tertiary/aromatic N) is 2. The number of aromatic carboxylic acids is 1. The molecule has 0 aliphatic heterocycles. The van der Waals surface area contributed by atoms with E-state index in [0.29, 0.717) is 6.54 Å². The molecule has 0 unspecified atom stereocenters. The van der Waals surface area contributed by atoms with E-state index in [9.17, 15) is 9.90 Å². The zero-order valence-electron chi connectivity index (χ0n) is 8.26. The van der Waals surface area contributed by atoms with Crippen LogP contribution in [-0.2, 0) is 6.54 Å². The summed E-state index contributed by atoms with van der Waals surface area (Å²) in [6.45, 7) is 0.534. The highest BCUT2D eigenvalue weighted by Gasteiger charge is 1.99. The normalized spacial score (nSPS) is 10.3. The molecule has 1 aromatic carbocycles. The van der Waals surface area contributed by atoms with Gasteiger partial charge in [-0.25, -0.2) is 0 Å². The largest absolute Gasteiger partial charge is 0.545 e. The molecule has 0 aliphatic carbocycles. The molecule has 0 fully saturated rings. The van der Waals surface area contributed by atoms with E-state index in [2.05, 4.69) is 21.0 Å². The number of carbonyl (C=O) groups is 1. The molecule has 2 rings (SSSR count). The molecule has 0 atom stereocenters. The van der Waals surface area contributed by atoms with Crippen molar-refractivity contribution in [1.82, 2.24) is 9.78 Å². The summed E-state index contributed by atoms with van der Waals surface area (Å²) in [5, 5.41) is 14.8. The van der Waals surface area contributed by atoms with Gasteiger partial charge in [0.25, 0.3) is 0 Å². The minimum atomic E-state index is -1.16. The van der Waals surface area contributed by atoms with Crippen LogP contribution in [0.25, 0.3) is 0 Å². The number of carboxylic acid groups (broad SMARTS) is 1. The zero-order valence-corrected chi connectivity index (χ0v) is 9.85. The molecule has 5 heteroatoms. The van der Waals surface area contributed by atoms with Crippen molar-refractivity contribution in [3.63, 3.8) is 0 Å². The molecular formula is C11H8BrN2O2-. The number of carbonyl (C=O) groups excluding carboxylic acids is 1. The Morgan fingerprint density at radius 2 is 2.31 bits per heavy atom. The maximum Gasteiger partial charge on any atom is 0.0715 e. The average molecular weight is 280 g/mol. The summed E-state index contributed by atoms with van der Waals surface area (Å²) in [6, 6.07) is 6.64. The topological polar surface area (TPSA) is 57.9 Å². The van der Waals surface area contributed by atoms with E-state index < -0.39 is 5.97 Å². The second-order valence-corrected chi connectivity index (χ2v) is 4.26. The molecule has 0 aliphatic rings. The van der Waals surface area contributed by atoms with Gasteiger partial charge in [-0.3, -0.25) is 4.68 Å². The van der Waals surface area contributed by atoms with Gasteiger partial charge in [-0.2, -0.15) is 5.10 Å². The SMILES string of the molecule is O=C([O-])c1cccc(Cn2cc(Br)cn2)c1. The molecule has 0 saturated heterocycles. The van der Waals surface area contributed by atoms with Gasteiger partial charge in [-0.15, -0.1) is 0 Å². The molecule has 0 radical (unpaired) electrons. The monoisotopic (exact) mass is 279 g/mol. The molecule has 0 bridgehead atoms. The highest BCUT2D eigenvalue weighted by molar-refractivity contribution is 9.10. The summed E-state index contributed by atoms with van der Waals surface area (Å²) in [6.07, 6.45) is 3.51. The molecular weight excluding hydrogens is 272 g/mol. The summed E-state index contributed by atoms with van der Waals surface area (Å²) in [7, 11) is 0. The smallest absolute Gasteiger partial charge is 0.0715 e. The first kappa shape index (κ1) is 10.9. The molecule has 0 N–H and O–H groups in total. The van der Waals surface area contributed by atoms with Gasteiger partial charge in [0.2, 0.25) is 0 Å². The van der Waals surface area contributed by atoms with Crippen LogP contribution in [0.5, 0.6) is 0 Å². The van der Waals surface area contributed by atoms with Gasteiger partial charge in [0.05, 0.1) is 23.2 Å². The van der Waals surface area contributed by atoms with Crippen LogP contribution in [0.2, 0.25) is 0 Å². The van der Waals surface area contributed by atoms with Crippen LogP contribution in [0.1, 0.15) is 15.9 Å². The van der Waals surface area contributed by atoms with Crippen molar-refractivity contribution in [3.8, 4) is 0 Å². The van der Waals surface area contributed by atoms with Crippen molar-refractivity contribution in [3.05, 3.63) is 52.3 Å². The number of hydrogen-bond acceptors (Lipinski definition) is 3. The lowest BCUT2D eigenvalue weighted by Crippen LogP contribution is -2.22. The third kappa shape index (κ3) is 2.49. The van der Waals surface area contributed by atoms with Crippen molar-refractivity contribution in [1.29, 1.82) is 0 Å². The van der Waals surface area contributed by atoms with Crippen molar-refractivity contribution in [2.45, 2.75) is 6.54 Å². The molecule has 0 saturated carbocycles. The van der Waals surface area contributed by atoms with E-state index in [1.165, 1.54) is 6.07 Å². The number of halogens is 1. The number of rotatable bonds is 3. The molecule has 0 spiro atoms.